The van der Waals surface area contributed by atoms with E-state index >= 15 is 0 Å². The van der Waals surface area contributed by atoms with Crippen LogP contribution in [0.3, 0.4) is 0 Å². The summed E-state index contributed by atoms with van der Waals surface area (Å²) in [7, 11) is 0. The summed E-state index contributed by atoms with van der Waals surface area (Å²) in [6, 6.07) is 1.96. The second-order valence-corrected chi connectivity index (χ2v) is 8.13. The van der Waals surface area contributed by atoms with E-state index in [9.17, 15) is 4.79 Å². The van der Waals surface area contributed by atoms with Crippen molar-refractivity contribution in [2.75, 3.05) is 0 Å². The van der Waals surface area contributed by atoms with E-state index in [4.69, 9.17) is 4.74 Å². The molecule has 0 amide bonds. The lowest BCUT2D eigenvalue weighted by atomic mass is 9.74. The molecule has 2 heterocycles. The molecule has 0 unspecified atom stereocenters. The minimum absolute atomic E-state index is 0.00392. The van der Waals surface area contributed by atoms with E-state index in [2.05, 4.69) is 24.0 Å². The van der Waals surface area contributed by atoms with Crippen LogP contribution in [-0.2, 0) is 6.42 Å². The molecule has 1 saturated carbocycles. The van der Waals surface area contributed by atoms with Crippen molar-refractivity contribution < 1.29 is 9.53 Å². The van der Waals surface area contributed by atoms with E-state index in [-0.39, 0.29) is 17.3 Å². The summed E-state index contributed by atoms with van der Waals surface area (Å²) in [6.45, 7) is 4.32. The zero-order valence-electron chi connectivity index (χ0n) is 12.9. The third kappa shape index (κ3) is 2.28. The molecular formula is C17H20N2O2S. The lowest BCUT2D eigenvalue weighted by molar-refractivity contribution is 0.0892. The first kappa shape index (κ1) is 14.0. The number of carbonyl (C=O) groups excluding carboxylic acids is 1. The second kappa shape index (κ2) is 4.95. The Morgan fingerprint density at radius 1 is 1.36 bits per heavy atom. The van der Waals surface area contributed by atoms with E-state index in [1.807, 2.05) is 12.3 Å². The van der Waals surface area contributed by atoms with Gasteiger partial charge in [0.05, 0.1) is 16.5 Å². The van der Waals surface area contributed by atoms with Crippen molar-refractivity contribution >= 4 is 17.1 Å². The Hall–Kier alpha value is -1.62. The number of thiophene rings is 1. The van der Waals surface area contributed by atoms with Crippen LogP contribution in [0.4, 0.5) is 0 Å². The molecule has 0 spiro atoms. The minimum atomic E-state index is 0.00392. The first-order chi connectivity index (χ1) is 10.5. The van der Waals surface area contributed by atoms with Crippen LogP contribution in [0.15, 0.2) is 12.3 Å². The first-order valence-electron chi connectivity index (χ1n) is 7.89. The highest BCUT2D eigenvalue weighted by atomic mass is 32.1. The molecular weight excluding hydrogens is 296 g/mol. The Bertz CT molecular complexity index is 711. The molecule has 4 nitrogen and oxygen atoms in total. The number of aromatic amines is 1. The number of rotatable bonds is 3. The monoisotopic (exact) mass is 316 g/mol. The Morgan fingerprint density at radius 3 is 2.82 bits per heavy atom. The van der Waals surface area contributed by atoms with Crippen molar-refractivity contribution in [1.82, 2.24) is 10.2 Å². The van der Waals surface area contributed by atoms with Gasteiger partial charge in [-0.15, -0.1) is 0 Å². The van der Waals surface area contributed by atoms with E-state index in [0.29, 0.717) is 6.42 Å². The summed E-state index contributed by atoms with van der Waals surface area (Å²) in [5, 5.41) is 8.00. The second-order valence-electron chi connectivity index (χ2n) is 7.14. The van der Waals surface area contributed by atoms with Crippen LogP contribution in [0.2, 0.25) is 0 Å². The van der Waals surface area contributed by atoms with Gasteiger partial charge in [0.15, 0.2) is 10.8 Å². The number of ether oxygens (including phenoxy) is 1. The quantitative estimate of drug-likeness (QED) is 0.922. The zero-order valence-corrected chi connectivity index (χ0v) is 13.8. The molecule has 0 aliphatic heterocycles. The predicted molar refractivity (Wildman–Crippen MR) is 86.6 cm³/mol. The molecule has 0 radical (unpaired) electrons. The molecule has 0 bridgehead atoms. The summed E-state index contributed by atoms with van der Waals surface area (Å²) < 4.78 is 6.13. The summed E-state index contributed by atoms with van der Waals surface area (Å²) in [5.41, 5.74) is 2.88. The highest BCUT2D eigenvalue weighted by molar-refractivity contribution is 7.18. The Balaban J connectivity index is 1.82. The van der Waals surface area contributed by atoms with Gasteiger partial charge in [0.25, 0.3) is 0 Å². The van der Waals surface area contributed by atoms with E-state index in [1.165, 1.54) is 6.42 Å². The molecule has 2 aliphatic rings. The predicted octanol–water partition coefficient (Wildman–Crippen LogP) is 4.22. The Kier molecular flexibility index (Phi) is 3.15. The maximum atomic E-state index is 12.7. The third-order valence-electron chi connectivity index (χ3n) is 4.61. The van der Waals surface area contributed by atoms with Crippen LogP contribution in [-0.4, -0.2) is 22.1 Å². The normalized spacial score (nSPS) is 20.5. The number of carbonyl (C=O) groups is 1. The number of H-pyrrole nitrogens is 1. The molecule has 0 aromatic carbocycles. The molecule has 2 aliphatic carbocycles. The van der Waals surface area contributed by atoms with Gasteiger partial charge in [0.1, 0.15) is 5.69 Å². The van der Waals surface area contributed by atoms with Crippen LogP contribution in [0.1, 0.15) is 55.5 Å². The van der Waals surface area contributed by atoms with Crippen molar-refractivity contribution in [1.29, 1.82) is 0 Å². The van der Waals surface area contributed by atoms with E-state index in [0.717, 1.165) is 46.0 Å². The van der Waals surface area contributed by atoms with Crippen LogP contribution >= 0.6 is 11.3 Å². The number of nitrogens with one attached hydrogen (secondary N) is 1. The van der Waals surface area contributed by atoms with E-state index in [1.54, 1.807) is 11.3 Å². The summed E-state index contributed by atoms with van der Waals surface area (Å²) in [6.07, 6.45) is 7.04. The molecule has 5 heteroatoms. The van der Waals surface area contributed by atoms with Gasteiger partial charge in [-0.2, -0.15) is 5.10 Å². The fourth-order valence-corrected chi connectivity index (χ4v) is 4.50. The average Bonchev–Trinajstić information content (AvgIpc) is 2.99. The highest BCUT2D eigenvalue weighted by Gasteiger charge is 2.38. The van der Waals surface area contributed by atoms with E-state index < -0.39 is 0 Å². The maximum Gasteiger partial charge on any atom is 0.185 e. The number of nitrogens with zero attached hydrogens (tertiary/aromatic N) is 1. The summed E-state index contributed by atoms with van der Waals surface area (Å²) >= 11 is 1.59. The van der Waals surface area contributed by atoms with Crippen LogP contribution in [0.5, 0.6) is 5.06 Å². The molecule has 0 saturated heterocycles. The number of ketones is 1. The fraction of sp³-hybridized carbons (Fsp3) is 0.529. The topological polar surface area (TPSA) is 55.0 Å². The van der Waals surface area contributed by atoms with Gasteiger partial charge in [0.2, 0.25) is 0 Å². The average molecular weight is 316 g/mol. The Morgan fingerprint density at radius 2 is 2.18 bits per heavy atom. The van der Waals surface area contributed by atoms with Crippen molar-refractivity contribution in [2.24, 2.45) is 5.41 Å². The zero-order chi connectivity index (χ0) is 15.3. The molecule has 2 aromatic heterocycles. The number of Topliss-reactive ketones (excluding diaryl/α,β-unsaturated/α-hetero) is 1. The molecule has 4 rings (SSSR count). The van der Waals surface area contributed by atoms with Gasteiger partial charge < -0.3 is 4.74 Å². The van der Waals surface area contributed by atoms with Crippen LogP contribution < -0.4 is 4.74 Å². The van der Waals surface area contributed by atoms with Crippen molar-refractivity contribution in [3.8, 4) is 15.6 Å². The van der Waals surface area contributed by atoms with Crippen molar-refractivity contribution in [2.45, 2.75) is 52.1 Å². The van der Waals surface area contributed by atoms with Crippen LogP contribution in [0, 0.1) is 5.41 Å². The summed E-state index contributed by atoms with van der Waals surface area (Å²) in [5.74, 6) is 0.221. The maximum absolute atomic E-state index is 12.7. The number of fused-ring (bicyclic) bond motifs is 1. The number of hydrogen-bond donors (Lipinski definition) is 1. The summed E-state index contributed by atoms with van der Waals surface area (Å²) in [4.78, 5) is 13.8. The van der Waals surface area contributed by atoms with Gasteiger partial charge in [-0.05, 0) is 42.7 Å². The lowest BCUT2D eigenvalue weighted by Gasteiger charge is -2.30. The SMILES string of the molecule is CC1(C)CC(=O)c2c(OC3CCC3)sc(-c3cc[nH]n3)c2C1. The molecule has 116 valence electrons. The fourth-order valence-electron chi connectivity index (χ4n) is 3.27. The van der Waals surface area contributed by atoms with Crippen molar-refractivity contribution in [3.63, 3.8) is 0 Å². The van der Waals surface area contributed by atoms with Gasteiger partial charge in [0, 0.05) is 12.6 Å². The molecule has 2 aromatic rings. The van der Waals surface area contributed by atoms with Gasteiger partial charge in [-0.3, -0.25) is 9.89 Å². The van der Waals surface area contributed by atoms with Gasteiger partial charge in [-0.1, -0.05) is 25.2 Å². The van der Waals surface area contributed by atoms with Gasteiger partial charge in [-0.25, -0.2) is 0 Å². The Labute approximate surface area is 133 Å². The van der Waals surface area contributed by atoms with Crippen molar-refractivity contribution in [3.05, 3.63) is 23.4 Å². The largest absolute Gasteiger partial charge is 0.480 e. The number of hydrogen-bond acceptors (Lipinski definition) is 4. The first-order valence-corrected chi connectivity index (χ1v) is 8.71. The minimum Gasteiger partial charge on any atom is -0.480 e. The van der Waals surface area contributed by atoms with Gasteiger partial charge >= 0.3 is 0 Å². The lowest BCUT2D eigenvalue weighted by Crippen LogP contribution is -2.28. The molecule has 22 heavy (non-hydrogen) atoms. The third-order valence-corrected chi connectivity index (χ3v) is 5.75. The number of aromatic nitrogens is 2. The molecule has 1 N–H and O–H groups in total. The molecule has 0 atom stereocenters. The van der Waals surface area contributed by atoms with Crippen LogP contribution in [0.25, 0.3) is 10.6 Å². The highest BCUT2D eigenvalue weighted by Crippen LogP contribution is 2.49. The molecule has 1 fully saturated rings. The standard InChI is InChI=1S/C17H20N2O2S/c1-17(2)8-11-14(13(20)9-17)16(21-10-4-3-5-10)22-15(11)12-6-7-18-19-12/h6-7,10H,3-5,8-9H2,1-2H3,(H,18,19). The smallest absolute Gasteiger partial charge is 0.185 e.